The number of nitrogens with two attached hydrogens (primary N) is 1. The van der Waals surface area contributed by atoms with Crippen LogP contribution in [0.5, 0.6) is 0 Å². The second kappa shape index (κ2) is 5.79. The molecule has 2 N–H and O–H groups in total. The lowest BCUT2D eigenvalue weighted by molar-refractivity contribution is 0.0987. The highest BCUT2D eigenvalue weighted by molar-refractivity contribution is 5.79. The summed E-state index contributed by atoms with van der Waals surface area (Å²) in [6, 6.07) is 3.33. The molecule has 2 rings (SSSR count). The summed E-state index contributed by atoms with van der Waals surface area (Å²) < 4.78 is 21.2. The highest BCUT2D eigenvalue weighted by atomic mass is 19.1. The van der Waals surface area contributed by atoms with E-state index in [-0.39, 0.29) is 11.9 Å². The maximum atomic E-state index is 13.6. The quantitative estimate of drug-likeness (QED) is 0.913. The number of fused-ring (bicyclic) bond motifs is 1. The van der Waals surface area contributed by atoms with Gasteiger partial charge < -0.3 is 15.0 Å². The van der Waals surface area contributed by atoms with Gasteiger partial charge in [-0.2, -0.15) is 0 Å². The molecule has 0 saturated carbocycles. The fourth-order valence-corrected chi connectivity index (χ4v) is 2.39. The number of rotatable bonds is 5. The van der Waals surface area contributed by atoms with Crippen LogP contribution in [0.4, 0.5) is 10.3 Å². The molecule has 0 aliphatic heterocycles. The maximum Gasteiger partial charge on any atom is 0.201 e. The number of halogens is 1. The van der Waals surface area contributed by atoms with Crippen LogP contribution in [-0.2, 0) is 4.74 Å². The van der Waals surface area contributed by atoms with Gasteiger partial charge in [0.15, 0.2) is 0 Å². The molecule has 0 spiro atoms. The van der Waals surface area contributed by atoms with E-state index in [4.69, 9.17) is 10.5 Å². The highest BCUT2D eigenvalue weighted by Crippen LogP contribution is 2.29. The Bertz CT molecular complexity index is 607. The molecule has 5 heteroatoms. The number of hydrogen-bond acceptors (Lipinski definition) is 3. The van der Waals surface area contributed by atoms with Crippen LogP contribution in [0.15, 0.2) is 12.1 Å². The Kier molecular flexibility index (Phi) is 4.28. The monoisotopic (exact) mass is 279 g/mol. The molecule has 0 bridgehead atoms. The predicted octanol–water partition coefficient (Wildman–Crippen LogP) is 3.30. The number of nitrogen functional groups attached to an aromatic ring is 1. The van der Waals surface area contributed by atoms with Crippen LogP contribution in [0.1, 0.15) is 32.4 Å². The van der Waals surface area contributed by atoms with E-state index in [1.54, 1.807) is 13.0 Å². The summed E-state index contributed by atoms with van der Waals surface area (Å²) in [5.41, 5.74) is 8.08. The van der Waals surface area contributed by atoms with Crippen molar-refractivity contribution >= 4 is 17.0 Å². The zero-order valence-electron chi connectivity index (χ0n) is 12.5. The molecule has 1 unspecified atom stereocenters. The Balaban J connectivity index is 2.56. The first-order valence-electron chi connectivity index (χ1n) is 6.97. The zero-order chi connectivity index (χ0) is 14.9. The molecule has 0 aliphatic rings. The molecule has 20 heavy (non-hydrogen) atoms. The Hall–Kier alpha value is -1.62. The smallest absolute Gasteiger partial charge is 0.201 e. The molecule has 0 amide bonds. The summed E-state index contributed by atoms with van der Waals surface area (Å²) >= 11 is 0. The molecule has 4 nitrogen and oxygen atoms in total. The normalized spacial score (nSPS) is 13.3. The van der Waals surface area contributed by atoms with Crippen molar-refractivity contribution in [3.8, 4) is 0 Å². The summed E-state index contributed by atoms with van der Waals surface area (Å²) in [7, 11) is 0. The Morgan fingerprint density at radius 1 is 1.40 bits per heavy atom. The standard InChI is InChI=1S/C15H22FN3O/c1-5-20-8-14(9(2)3)19-13-6-10(4)11(16)7-12(13)18-15(19)17/h6-7,9,14H,5,8H2,1-4H3,(H2,17,18). The van der Waals surface area contributed by atoms with Gasteiger partial charge in [-0.25, -0.2) is 9.37 Å². The van der Waals surface area contributed by atoms with Gasteiger partial charge in [-0.1, -0.05) is 13.8 Å². The second-order valence-corrected chi connectivity index (χ2v) is 5.40. The first kappa shape index (κ1) is 14.8. The van der Waals surface area contributed by atoms with Crippen molar-refractivity contribution in [1.82, 2.24) is 9.55 Å². The maximum absolute atomic E-state index is 13.6. The van der Waals surface area contributed by atoms with Gasteiger partial charge in [0, 0.05) is 12.7 Å². The van der Waals surface area contributed by atoms with E-state index in [9.17, 15) is 4.39 Å². The third-order valence-electron chi connectivity index (χ3n) is 3.59. The number of nitrogens with zero attached hydrogens (tertiary/aromatic N) is 2. The summed E-state index contributed by atoms with van der Waals surface area (Å²) in [4.78, 5) is 4.27. The van der Waals surface area contributed by atoms with Gasteiger partial charge in [-0.05, 0) is 31.4 Å². The third-order valence-corrected chi connectivity index (χ3v) is 3.59. The number of anilines is 1. The van der Waals surface area contributed by atoms with Crippen LogP contribution >= 0.6 is 0 Å². The number of aryl methyl sites for hydroxylation is 1. The predicted molar refractivity (Wildman–Crippen MR) is 79.2 cm³/mol. The summed E-state index contributed by atoms with van der Waals surface area (Å²) in [5.74, 6) is 0.489. The van der Waals surface area contributed by atoms with E-state index in [1.807, 2.05) is 11.5 Å². The largest absolute Gasteiger partial charge is 0.380 e. The zero-order valence-corrected chi connectivity index (χ0v) is 12.5. The van der Waals surface area contributed by atoms with Crippen LogP contribution in [0.3, 0.4) is 0 Å². The summed E-state index contributed by atoms with van der Waals surface area (Å²) in [6.07, 6.45) is 0. The van der Waals surface area contributed by atoms with Gasteiger partial charge in [0.2, 0.25) is 5.95 Å². The molecule has 1 atom stereocenters. The van der Waals surface area contributed by atoms with Crippen molar-refractivity contribution in [1.29, 1.82) is 0 Å². The number of aromatic nitrogens is 2. The van der Waals surface area contributed by atoms with Gasteiger partial charge in [0.25, 0.3) is 0 Å². The molecular formula is C15H22FN3O. The van der Waals surface area contributed by atoms with Crippen LogP contribution < -0.4 is 5.73 Å². The lowest BCUT2D eigenvalue weighted by atomic mass is 10.0. The molecule has 0 radical (unpaired) electrons. The van der Waals surface area contributed by atoms with Crippen molar-refractivity contribution in [3.05, 3.63) is 23.5 Å². The molecule has 110 valence electrons. The van der Waals surface area contributed by atoms with Gasteiger partial charge >= 0.3 is 0 Å². The molecule has 0 aliphatic carbocycles. The average molecular weight is 279 g/mol. The van der Waals surface area contributed by atoms with Crippen LogP contribution in [0, 0.1) is 18.7 Å². The van der Waals surface area contributed by atoms with Crippen LogP contribution in [0.2, 0.25) is 0 Å². The van der Waals surface area contributed by atoms with Crippen molar-refractivity contribution < 1.29 is 9.13 Å². The Morgan fingerprint density at radius 2 is 2.10 bits per heavy atom. The van der Waals surface area contributed by atoms with Gasteiger partial charge in [-0.15, -0.1) is 0 Å². The van der Waals surface area contributed by atoms with E-state index in [0.29, 0.717) is 36.2 Å². The van der Waals surface area contributed by atoms with Gasteiger partial charge in [-0.3, -0.25) is 0 Å². The Morgan fingerprint density at radius 3 is 2.70 bits per heavy atom. The fourth-order valence-electron chi connectivity index (χ4n) is 2.39. The minimum atomic E-state index is -0.256. The van der Waals surface area contributed by atoms with Crippen molar-refractivity contribution in [2.24, 2.45) is 5.92 Å². The number of benzene rings is 1. The first-order chi connectivity index (χ1) is 9.45. The molecule has 2 aromatic rings. The Labute approximate surface area is 118 Å². The van der Waals surface area contributed by atoms with E-state index in [1.165, 1.54) is 6.07 Å². The molecular weight excluding hydrogens is 257 g/mol. The average Bonchev–Trinajstić information content (AvgIpc) is 2.67. The number of imidazole rings is 1. The minimum absolute atomic E-state index is 0.0878. The number of ether oxygens (including phenoxy) is 1. The molecule has 0 fully saturated rings. The van der Waals surface area contributed by atoms with E-state index < -0.39 is 0 Å². The first-order valence-corrected chi connectivity index (χ1v) is 6.97. The van der Waals surface area contributed by atoms with E-state index >= 15 is 0 Å². The highest BCUT2D eigenvalue weighted by Gasteiger charge is 2.21. The topological polar surface area (TPSA) is 53.1 Å². The summed E-state index contributed by atoms with van der Waals surface area (Å²) in [5, 5.41) is 0. The number of hydrogen-bond donors (Lipinski definition) is 1. The lowest BCUT2D eigenvalue weighted by Gasteiger charge is -2.24. The minimum Gasteiger partial charge on any atom is -0.380 e. The lowest BCUT2D eigenvalue weighted by Crippen LogP contribution is -2.22. The molecule has 1 aromatic carbocycles. The second-order valence-electron chi connectivity index (χ2n) is 5.40. The molecule has 1 aromatic heterocycles. The van der Waals surface area contributed by atoms with Gasteiger partial charge in [0.05, 0.1) is 23.7 Å². The fraction of sp³-hybridized carbons (Fsp3) is 0.533. The third kappa shape index (κ3) is 2.63. The van der Waals surface area contributed by atoms with Crippen molar-refractivity contribution in [2.45, 2.75) is 33.7 Å². The summed E-state index contributed by atoms with van der Waals surface area (Å²) in [6.45, 7) is 9.17. The SMILES string of the molecule is CCOCC(C(C)C)n1c(N)nc2cc(F)c(C)cc21. The van der Waals surface area contributed by atoms with Gasteiger partial charge in [0.1, 0.15) is 5.82 Å². The van der Waals surface area contributed by atoms with Crippen molar-refractivity contribution in [3.63, 3.8) is 0 Å². The van der Waals surface area contributed by atoms with E-state index in [0.717, 1.165) is 5.52 Å². The molecule has 1 heterocycles. The van der Waals surface area contributed by atoms with Crippen LogP contribution in [0.25, 0.3) is 11.0 Å². The van der Waals surface area contributed by atoms with Crippen molar-refractivity contribution in [2.75, 3.05) is 18.9 Å². The van der Waals surface area contributed by atoms with Crippen LogP contribution in [-0.4, -0.2) is 22.8 Å². The van der Waals surface area contributed by atoms with E-state index in [2.05, 4.69) is 18.8 Å². The molecule has 0 saturated heterocycles.